The van der Waals surface area contributed by atoms with Crippen LogP contribution in [0.15, 0.2) is 24.3 Å². The van der Waals surface area contributed by atoms with Crippen molar-refractivity contribution in [3.8, 4) is 0 Å². The van der Waals surface area contributed by atoms with Gasteiger partial charge in [-0.2, -0.15) is 12.7 Å². The highest BCUT2D eigenvalue weighted by Crippen LogP contribution is 2.20. The van der Waals surface area contributed by atoms with Gasteiger partial charge in [-0.05, 0) is 24.0 Å². The molecule has 6 nitrogen and oxygen atoms in total. The molecule has 118 valence electrons. The average Bonchev–Trinajstić information content (AvgIpc) is 2.50. The first-order valence-corrected chi connectivity index (χ1v) is 8.57. The molecule has 0 atom stereocenters. The maximum Gasteiger partial charge on any atom is 0.279 e. The minimum absolute atomic E-state index is 0.0150. The maximum absolute atomic E-state index is 12.2. The molecule has 1 heterocycles. The van der Waals surface area contributed by atoms with Crippen LogP contribution in [0.3, 0.4) is 0 Å². The second-order valence-electron chi connectivity index (χ2n) is 4.94. The Bertz CT molecular complexity index is 548. The number of fused-ring (bicyclic) bond motifs is 1. The Morgan fingerprint density at radius 1 is 1.24 bits per heavy atom. The predicted molar refractivity (Wildman–Crippen MR) is 80.0 cm³/mol. The molecule has 0 aromatic heterocycles. The summed E-state index contributed by atoms with van der Waals surface area (Å²) in [5.41, 5.74) is 2.29. The van der Waals surface area contributed by atoms with E-state index in [4.69, 9.17) is 9.84 Å². The molecule has 1 aliphatic heterocycles. The van der Waals surface area contributed by atoms with Crippen molar-refractivity contribution in [1.82, 2.24) is 9.03 Å². The van der Waals surface area contributed by atoms with Crippen LogP contribution in [0.25, 0.3) is 0 Å². The summed E-state index contributed by atoms with van der Waals surface area (Å²) in [4.78, 5) is 0. The molecule has 0 saturated heterocycles. The fraction of sp³-hybridized carbons (Fsp3) is 0.571. The van der Waals surface area contributed by atoms with Gasteiger partial charge in [0.25, 0.3) is 10.2 Å². The highest BCUT2D eigenvalue weighted by atomic mass is 32.2. The fourth-order valence-electron chi connectivity index (χ4n) is 2.31. The number of aliphatic hydroxyl groups is 1. The molecule has 0 aliphatic carbocycles. The van der Waals surface area contributed by atoms with Crippen LogP contribution in [-0.2, 0) is 27.9 Å². The summed E-state index contributed by atoms with van der Waals surface area (Å²) in [7, 11) is -3.44. The van der Waals surface area contributed by atoms with Crippen LogP contribution >= 0.6 is 0 Å². The molecule has 21 heavy (non-hydrogen) atoms. The minimum atomic E-state index is -3.44. The van der Waals surface area contributed by atoms with Crippen molar-refractivity contribution in [1.29, 1.82) is 0 Å². The van der Waals surface area contributed by atoms with Crippen LogP contribution in [0, 0.1) is 0 Å². The van der Waals surface area contributed by atoms with Gasteiger partial charge < -0.3 is 9.84 Å². The lowest BCUT2D eigenvalue weighted by molar-refractivity contribution is 0.0913. The number of rotatable bonds is 8. The Morgan fingerprint density at radius 2 is 2.00 bits per heavy atom. The standard InChI is InChI=1S/C14H22N2O4S/c17-9-11-20-10-3-7-15-21(18,19)16-8-6-13-4-1-2-5-14(13)12-16/h1-2,4-5,15,17H,3,6-12H2. The average molecular weight is 314 g/mol. The van der Waals surface area contributed by atoms with Gasteiger partial charge in [0.15, 0.2) is 0 Å². The van der Waals surface area contributed by atoms with Crippen molar-refractivity contribution >= 4 is 10.2 Å². The van der Waals surface area contributed by atoms with Gasteiger partial charge in [-0.1, -0.05) is 24.3 Å². The summed E-state index contributed by atoms with van der Waals surface area (Å²) in [5.74, 6) is 0. The number of benzene rings is 1. The van der Waals surface area contributed by atoms with E-state index < -0.39 is 10.2 Å². The third-order valence-corrected chi connectivity index (χ3v) is 4.98. The smallest absolute Gasteiger partial charge is 0.279 e. The van der Waals surface area contributed by atoms with E-state index in [9.17, 15) is 8.42 Å². The summed E-state index contributed by atoms with van der Waals surface area (Å²) in [5, 5.41) is 8.56. The van der Waals surface area contributed by atoms with E-state index in [-0.39, 0.29) is 13.2 Å². The molecule has 0 spiro atoms. The van der Waals surface area contributed by atoms with E-state index in [1.54, 1.807) is 0 Å². The zero-order valence-electron chi connectivity index (χ0n) is 12.0. The summed E-state index contributed by atoms with van der Waals surface area (Å²) in [6.07, 6.45) is 1.33. The van der Waals surface area contributed by atoms with Crippen LogP contribution in [0.4, 0.5) is 0 Å². The number of hydrogen-bond acceptors (Lipinski definition) is 4. The Hall–Kier alpha value is -0.990. The van der Waals surface area contributed by atoms with E-state index in [1.165, 1.54) is 9.87 Å². The quantitative estimate of drug-likeness (QED) is 0.676. The van der Waals surface area contributed by atoms with Gasteiger partial charge in [-0.3, -0.25) is 0 Å². The Labute approximate surface area is 125 Å². The maximum atomic E-state index is 12.2. The highest BCUT2D eigenvalue weighted by molar-refractivity contribution is 7.87. The predicted octanol–water partition coefficient (Wildman–Crippen LogP) is 0.278. The monoisotopic (exact) mass is 314 g/mol. The molecule has 1 aromatic rings. The number of aliphatic hydroxyl groups excluding tert-OH is 1. The van der Waals surface area contributed by atoms with Crippen molar-refractivity contribution in [2.75, 3.05) is 32.9 Å². The van der Waals surface area contributed by atoms with E-state index in [0.29, 0.717) is 32.7 Å². The summed E-state index contributed by atoms with van der Waals surface area (Å²) in [6.45, 7) is 1.98. The van der Waals surface area contributed by atoms with Gasteiger partial charge in [-0.15, -0.1) is 0 Å². The fourth-order valence-corrected chi connectivity index (χ4v) is 3.53. The lowest BCUT2D eigenvalue weighted by Crippen LogP contribution is -2.43. The van der Waals surface area contributed by atoms with Gasteiger partial charge in [0, 0.05) is 26.2 Å². The third-order valence-electron chi connectivity index (χ3n) is 3.42. The largest absolute Gasteiger partial charge is 0.394 e. The Balaban J connectivity index is 1.81. The lowest BCUT2D eigenvalue weighted by atomic mass is 10.0. The first kappa shape index (κ1) is 16.4. The third kappa shape index (κ3) is 4.76. The molecule has 0 unspecified atom stereocenters. The molecule has 0 bridgehead atoms. The summed E-state index contributed by atoms with van der Waals surface area (Å²) >= 11 is 0. The van der Waals surface area contributed by atoms with E-state index in [0.717, 1.165) is 12.0 Å². The number of nitrogens with zero attached hydrogens (tertiary/aromatic N) is 1. The van der Waals surface area contributed by atoms with Crippen LogP contribution in [0.1, 0.15) is 17.5 Å². The van der Waals surface area contributed by atoms with Gasteiger partial charge in [0.1, 0.15) is 0 Å². The van der Waals surface area contributed by atoms with Crippen molar-refractivity contribution in [2.45, 2.75) is 19.4 Å². The highest BCUT2D eigenvalue weighted by Gasteiger charge is 2.25. The molecule has 2 N–H and O–H groups in total. The summed E-state index contributed by atoms with van der Waals surface area (Å²) in [6, 6.07) is 7.93. The van der Waals surface area contributed by atoms with Crippen LogP contribution in [0.2, 0.25) is 0 Å². The van der Waals surface area contributed by atoms with Gasteiger partial charge in [0.05, 0.1) is 13.2 Å². The molecule has 2 rings (SSSR count). The molecule has 0 amide bonds. The van der Waals surface area contributed by atoms with E-state index in [2.05, 4.69) is 4.72 Å². The molecule has 0 fully saturated rings. The van der Waals surface area contributed by atoms with E-state index >= 15 is 0 Å². The molecule has 0 saturated carbocycles. The molecule has 1 aliphatic rings. The van der Waals surface area contributed by atoms with Gasteiger partial charge in [0.2, 0.25) is 0 Å². The van der Waals surface area contributed by atoms with Crippen molar-refractivity contribution in [3.05, 3.63) is 35.4 Å². The van der Waals surface area contributed by atoms with Crippen LogP contribution < -0.4 is 4.72 Å². The molecule has 1 aromatic carbocycles. The Kier molecular flexibility index (Phi) is 6.13. The topological polar surface area (TPSA) is 78.9 Å². The van der Waals surface area contributed by atoms with Gasteiger partial charge in [-0.25, -0.2) is 4.72 Å². The van der Waals surface area contributed by atoms with Crippen molar-refractivity contribution < 1.29 is 18.3 Å². The molecule has 0 radical (unpaired) electrons. The normalized spacial score (nSPS) is 15.9. The molecule has 7 heteroatoms. The number of nitrogens with one attached hydrogen (secondary N) is 1. The number of ether oxygens (including phenoxy) is 1. The SMILES string of the molecule is O=S(=O)(NCCCOCCO)N1CCc2ccccc2C1. The lowest BCUT2D eigenvalue weighted by Gasteiger charge is -2.28. The zero-order chi connectivity index (χ0) is 15.1. The van der Waals surface area contributed by atoms with Crippen molar-refractivity contribution in [2.24, 2.45) is 0 Å². The summed E-state index contributed by atoms with van der Waals surface area (Å²) < 4.78 is 33.6. The molecular weight excluding hydrogens is 292 g/mol. The Morgan fingerprint density at radius 3 is 2.76 bits per heavy atom. The second kappa shape index (κ2) is 7.86. The van der Waals surface area contributed by atoms with Crippen LogP contribution in [-0.4, -0.2) is 50.7 Å². The van der Waals surface area contributed by atoms with Crippen LogP contribution in [0.5, 0.6) is 0 Å². The second-order valence-corrected chi connectivity index (χ2v) is 6.70. The zero-order valence-corrected chi connectivity index (χ0v) is 12.8. The van der Waals surface area contributed by atoms with Gasteiger partial charge >= 0.3 is 0 Å². The first-order valence-electron chi connectivity index (χ1n) is 7.13. The van der Waals surface area contributed by atoms with Crippen molar-refractivity contribution in [3.63, 3.8) is 0 Å². The van der Waals surface area contributed by atoms with E-state index in [1.807, 2.05) is 24.3 Å². The number of hydrogen-bond donors (Lipinski definition) is 2. The molecular formula is C14H22N2O4S. The first-order chi connectivity index (χ1) is 10.1. The minimum Gasteiger partial charge on any atom is -0.394 e.